The number of carbonyl (C=O) groups is 4. The van der Waals surface area contributed by atoms with Crippen LogP contribution in [0.4, 0.5) is 11.4 Å². The molecule has 2 aromatic heterocycles. The smallest absolute Gasteiger partial charge is 0.238 e. The van der Waals surface area contributed by atoms with Crippen LogP contribution in [0.3, 0.4) is 0 Å². The molecule has 4 bridgehead atoms. The lowest BCUT2D eigenvalue weighted by molar-refractivity contribution is -0.124. The second-order valence-corrected chi connectivity index (χ2v) is 14.2. The van der Waals surface area contributed by atoms with E-state index in [-0.39, 0.29) is 71.0 Å². The van der Waals surface area contributed by atoms with Crippen LogP contribution < -0.4 is 9.80 Å². The van der Waals surface area contributed by atoms with Crippen molar-refractivity contribution in [1.82, 2.24) is 19.9 Å². The van der Waals surface area contributed by atoms with Gasteiger partial charge in [-0.05, 0) is 97.2 Å². The van der Waals surface area contributed by atoms with E-state index in [2.05, 4.69) is 34.3 Å². The van der Waals surface area contributed by atoms with E-state index in [1.807, 2.05) is 54.6 Å². The first-order valence-electron chi connectivity index (χ1n) is 16.6. The molecule has 4 aliphatic carbocycles. The normalized spacial score (nSPS) is 31.1. The second kappa shape index (κ2) is 9.03. The summed E-state index contributed by atoms with van der Waals surface area (Å²) in [5.74, 6) is 0.732. The van der Waals surface area contributed by atoms with Crippen LogP contribution in [0.25, 0.3) is 44.8 Å². The standard InChI is InChI=1S/C38H28N6O4/c45-35-29-18-1-2-19(13-18)30(29)36(46)43(35)23-8-5-17(6-9-23)33-39-25-11-7-22(15-27(25)41-33)34-40-26-12-10-24(16-28(26)42-34)44-37(47)31-20-3-4-21(14-20)32(31)38(44)48/h1-12,15-16,18-21,29-32H,13-14H2,(H,39,41)(H,40,42)/t18-,19-,20-,21-,29-,30+,31-,32+/m0/s1. The van der Waals surface area contributed by atoms with E-state index in [1.165, 1.54) is 9.80 Å². The summed E-state index contributed by atoms with van der Waals surface area (Å²) in [6, 6.07) is 18.8. The molecular formula is C38H28N6O4. The van der Waals surface area contributed by atoms with Crippen LogP contribution in [0, 0.1) is 47.3 Å². The molecular weight excluding hydrogens is 604 g/mol. The molecule has 5 aromatic rings. The zero-order chi connectivity index (χ0) is 32.0. The van der Waals surface area contributed by atoms with Crippen LogP contribution in [-0.2, 0) is 19.2 Å². The molecule has 2 aliphatic heterocycles. The van der Waals surface area contributed by atoms with Gasteiger partial charge in [-0.2, -0.15) is 0 Å². The third-order valence-electron chi connectivity index (χ3n) is 11.8. The van der Waals surface area contributed by atoms with E-state index in [1.54, 1.807) is 6.07 Å². The minimum absolute atomic E-state index is 0.0859. The SMILES string of the molecule is O=C1[C@@H]2[C@H](C(=O)N1c1ccc(-c3nc4ccc(-c5nc6ccc(N7C(=O)[C@@H]8[C@H](C7=O)[C@H]7C=C[C@H]8C7)cc6[nH]5)cc4[nH]3)cc1)[C@H]1C=C[C@H]2C1. The number of allylic oxidation sites excluding steroid dienone is 4. The lowest BCUT2D eigenvalue weighted by Gasteiger charge is -2.17. The summed E-state index contributed by atoms with van der Waals surface area (Å²) in [5, 5.41) is 0. The van der Waals surface area contributed by atoms with Crippen LogP contribution in [-0.4, -0.2) is 43.6 Å². The highest BCUT2D eigenvalue weighted by molar-refractivity contribution is 6.24. The van der Waals surface area contributed by atoms with Gasteiger partial charge in [0.1, 0.15) is 11.6 Å². The monoisotopic (exact) mass is 632 g/mol. The summed E-state index contributed by atoms with van der Waals surface area (Å²) >= 11 is 0. The van der Waals surface area contributed by atoms with E-state index in [4.69, 9.17) is 9.97 Å². The first-order valence-corrected chi connectivity index (χ1v) is 16.6. The number of H-pyrrole nitrogens is 2. The van der Waals surface area contributed by atoms with Crippen molar-refractivity contribution in [2.45, 2.75) is 12.8 Å². The molecule has 10 nitrogen and oxygen atoms in total. The first kappa shape index (κ1) is 26.4. The predicted molar refractivity (Wildman–Crippen MR) is 177 cm³/mol. The Morgan fingerprint density at radius 2 is 0.917 bits per heavy atom. The Morgan fingerprint density at radius 1 is 0.500 bits per heavy atom. The number of nitrogens with one attached hydrogen (secondary N) is 2. The number of hydrogen-bond donors (Lipinski definition) is 2. The average Bonchev–Trinajstić information content (AvgIpc) is 3.95. The number of imidazole rings is 2. The molecule has 2 N–H and O–H groups in total. The van der Waals surface area contributed by atoms with Gasteiger partial charge in [-0.1, -0.05) is 24.3 Å². The van der Waals surface area contributed by atoms with E-state index in [0.717, 1.165) is 46.0 Å². The maximum atomic E-state index is 13.3. The topological polar surface area (TPSA) is 132 Å². The number of rotatable bonds is 4. The third kappa shape index (κ3) is 3.36. The van der Waals surface area contributed by atoms with Gasteiger partial charge in [0.15, 0.2) is 0 Å². The van der Waals surface area contributed by atoms with Crippen molar-refractivity contribution in [3.8, 4) is 22.8 Å². The van der Waals surface area contributed by atoms with Crippen molar-refractivity contribution in [1.29, 1.82) is 0 Å². The molecule has 6 aliphatic rings. The molecule has 3 aromatic carbocycles. The Balaban J connectivity index is 0.860. The fraction of sp³-hybridized carbons (Fsp3) is 0.263. The largest absolute Gasteiger partial charge is 0.338 e. The van der Waals surface area contributed by atoms with Gasteiger partial charge in [0.2, 0.25) is 23.6 Å². The van der Waals surface area contributed by atoms with Gasteiger partial charge in [0, 0.05) is 11.1 Å². The van der Waals surface area contributed by atoms with Crippen molar-refractivity contribution in [2.24, 2.45) is 47.3 Å². The van der Waals surface area contributed by atoms with Gasteiger partial charge in [-0.15, -0.1) is 0 Å². The Morgan fingerprint density at radius 3 is 1.46 bits per heavy atom. The molecule has 0 radical (unpaired) electrons. The van der Waals surface area contributed by atoms with E-state index < -0.39 is 0 Å². The Hall–Kier alpha value is -5.64. The van der Waals surface area contributed by atoms with E-state index >= 15 is 0 Å². The summed E-state index contributed by atoms with van der Waals surface area (Å²) in [7, 11) is 0. The number of anilines is 2. The van der Waals surface area contributed by atoms with Crippen LogP contribution in [0.1, 0.15) is 12.8 Å². The molecule has 0 spiro atoms. The summed E-state index contributed by atoms with van der Waals surface area (Å²) in [5.41, 5.74) is 5.97. The molecule has 48 heavy (non-hydrogen) atoms. The summed E-state index contributed by atoms with van der Waals surface area (Å²) in [6.45, 7) is 0. The number of benzene rings is 3. The first-order chi connectivity index (χ1) is 23.4. The van der Waals surface area contributed by atoms with E-state index in [9.17, 15) is 19.2 Å². The third-order valence-corrected chi connectivity index (χ3v) is 11.8. The number of imide groups is 2. The Bertz CT molecular complexity index is 2310. The highest BCUT2D eigenvalue weighted by Crippen LogP contribution is 2.54. The molecule has 11 rings (SSSR count). The minimum atomic E-state index is -0.240. The summed E-state index contributed by atoms with van der Waals surface area (Å²) in [4.78, 5) is 72.3. The van der Waals surface area contributed by atoms with Gasteiger partial charge < -0.3 is 9.97 Å². The van der Waals surface area contributed by atoms with Crippen LogP contribution in [0.5, 0.6) is 0 Å². The van der Waals surface area contributed by atoms with Gasteiger partial charge in [0.25, 0.3) is 0 Å². The highest BCUT2D eigenvalue weighted by Gasteiger charge is 2.60. The molecule has 4 fully saturated rings. The van der Waals surface area contributed by atoms with Gasteiger partial charge in [0.05, 0.1) is 57.1 Å². The molecule has 234 valence electrons. The van der Waals surface area contributed by atoms with Crippen molar-refractivity contribution in [3.63, 3.8) is 0 Å². The van der Waals surface area contributed by atoms with Crippen molar-refractivity contribution >= 4 is 57.1 Å². The number of carbonyl (C=O) groups excluding carboxylic acids is 4. The number of aromatic amines is 2. The maximum Gasteiger partial charge on any atom is 0.238 e. The van der Waals surface area contributed by atoms with Crippen molar-refractivity contribution in [2.75, 3.05) is 9.80 Å². The van der Waals surface area contributed by atoms with E-state index in [0.29, 0.717) is 23.0 Å². The molecule has 10 heteroatoms. The highest BCUT2D eigenvalue weighted by atomic mass is 16.2. The zero-order valence-electron chi connectivity index (χ0n) is 25.5. The Kier molecular flexibility index (Phi) is 4.97. The number of aromatic nitrogens is 4. The lowest BCUT2D eigenvalue weighted by atomic mass is 9.85. The van der Waals surface area contributed by atoms with Gasteiger partial charge in [-0.25, -0.2) is 14.9 Å². The average molecular weight is 633 g/mol. The van der Waals surface area contributed by atoms with Crippen LogP contribution in [0.15, 0.2) is 85.0 Å². The molecule has 2 saturated carbocycles. The lowest BCUT2D eigenvalue weighted by Crippen LogP contribution is -2.32. The molecule has 0 unspecified atom stereocenters. The maximum absolute atomic E-state index is 13.3. The van der Waals surface area contributed by atoms with Crippen molar-refractivity contribution < 1.29 is 19.2 Å². The fourth-order valence-electron chi connectivity index (χ4n) is 9.65. The molecule has 8 atom stereocenters. The van der Waals surface area contributed by atoms with Crippen molar-refractivity contribution in [3.05, 3.63) is 85.0 Å². The zero-order valence-corrected chi connectivity index (χ0v) is 25.5. The number of nitrogens with zero attached hydrogens (tertiary/aromatic N) is 4. The van der Waals surface area contributed by atoms with Crippen LogP contribution >= 0.6 is 0 Å². The number of amides is 4. The summed E-state index contributed by atoms with van der Waals surface area (Å²) < 4.78 is 0. The van der Waals surface area contributed by atoms with Crippen LogP contribution in [0.2, 0.25) is 0 Å². The molecule has 4 heterocycles. The summed E-state index contributed by atoms with van der Waals surface area (Å²) in [6.07, 6.45) is 10.2. The number of hydrogen-bond acceptors (Lipinski definition) is 6. The second-order valence-electron chi connectivity index (χ2n) is 14.2. The van der Waals surface area contributed by atoms with Gasteiger partial charge in [-0.3, -0.25) is 24.1 Å². The quantitative estimate of drug-likeness (QED) is 0.202. The molecule has 2 saturated heterocycles. The minimum Gasteiger partial charge on any atom is -0.338 e. The fourth-order valence-corrected chi connectivity index (χ4v) is 9.65. The molecule has 4 amide bonds. The number of fused-ring (bicyclic) bond motifs is 12. The predicted octanol–water partition coefficient (Wildman–Crippen LogP) is 5.40. The Labute approximate surface area is 273 Å². The van der Waals surface area contributed by atoms with Gasteiger partial charge >= 0.3 is 0 Å².